The third-order valence-electron chi connectivity index (χ3n) is 3.69. The highest BCUT2D eigenvalue weighted by Crippen LogP contribution is 2.27. The molecule has 1 amide bonds. The molecule has 2 aromatic carbocycles. The SMILES string of the molecule is COc1ccc(CCNC(=O)CNc2cccc([N+](=O)[O-])c2)cc1OC. The second kappa shape index (κ2) is 9.26. The second-order valence-electron chi connectivity index (χ2n) is 5.45. The number of hydrogen-bond acceptors (Lipinski definition) is 6. The number of methoxy groups -OCH3 is 2. The van der Waals surface area contributed by atoms with Crippen LogP contribution in [0.5, 0.6) is 11.5 Å². The Balaban J connectivity index is 1.79. The summed E-state index contributed by atoms with van der Waals surface area (Å²) >= 11 is 0. The van der Waals surface area contributed by atoms with E-state index in [-0.39, 0.29) is 18.1 Å². The van der Waals surface area contributed by atoms with E-state index < -0.39 is 4.92 Å². The molecule has 0 aliphatic carbocycles. The van der Waals surface area contributed by atoms with Crippen molar-refractivity contribution in [2.45, 2.75) is 6.42 Å². The van der Waals surface area contributed by atoms with Crippen LogP contribution >= 0.6 is 0 Å². The van der Waals surface area contributed by atoms with Crippen LogP contribution < -0.4 is 20.1 Å². The van der Waals surface area contributed by atoms with Crippen LogP contribution in [0.1, 0.15) is 5.56 Å². The molecule has 0 bridgehead atoms. The van der Waals surface area contributed by atoms with E-state index in [1.807, 2.05) is 18.2 Å². The zero-order valence-electron chi connectivity index (χ0n) is 14.7. The van der Waals surface area contributed by atoms with Crippen LogP contribution in [0.15, 0.2) is 42.5 Å². The maximum Gasteiger partial charge on any atom is 0.271 e. The number of rotatable bonds is 9. The van der Waals surface area contributed by atoms with Crippen molar-refractivity contribution < 1.29 is 19.2 Å². The van der Waals surface area contributed by atoms with Crippen molar-refractivity contribution in [1.82, 2.24) is 5.32 Å². The first kappa shape index (κ1) is 19.0. The van der Waals surface area contributed by atoms with Crippen LogP contribution in [0, 0.1) is 10.1 Å². The van der Waals surface area contributed by atoms with E-state index in [1.165, 1.54) is 12.1 Å². The fourth-order valence-corrected chi connectivity index (χ4v) is 2.36. The Bertz CT molecular complexity index is 779. The molecule has 8 heteroatoms. The van der Waals surface area contributed by atoms with Gasteiger partial charge in [0.05, 0.1) is 25.7 Å². The number of anilines is 1. The molecule has 2 rings (SSSR count). The lowest BCUT2D eigenvalue weighted by atomic mass is 10.1. The largest absolute Gasteiger partial charge is 0.493 e. The smallest absolute Gasteiger partial charge is 0.271 e. The van der Waals surface area contributed by atoms with Crippen LogP contribution in [-0.2, 0) is 11.2 Å². The van der Waals surface area contributed by atoms with Gasteiger partial charge in [-0.15, -0.1) is 0 Å². The Morgan fingerprint density at radius 3 is 2.58 bits per heavy atom. The Kier molecular flexibility index (Phi) is 6.78. The summed E-state index contributed by atoms with van der Waals surface area (Å²) < 4.78 is 10.4. The van der Waals surface area contributed by atoms with E-state index in [0.717, 1.165) is 5.56 Å². The first-order valence-electron chi connectivity index (χ1n) is 7.99. The average molecular weight is 359 g/mol. The lowest BCUT2D eigenvalue weighted by Gasteiger charge is -2.10. The van der Waals surface area contributed by atoms with E-state index in [4.69, 9.17) is 9.47 Å². The van der Waals surface area contributed by atoms with Crippen molar-refractivity contribution in [3.05, 3.63) is 58.1 Å². The molecule has 0 unspecified atom stereocenters. The second-order valence-corrected chi connectivity index (χ2v) is 5.45. The zero-order chi connectivity index (χ0) is 18.9. The van der Waals surface area contributed by atoms with Crippen molar-refractivity contribution in [2.24, 2.45) is 0 Å². The molecule has 0 aliphatic rings. The fraction of sp³-hybridized carbons (Fsp3) is 0.278. The number of hydrogen-bond donors (Lipinski definition) is 2. The van der Waals surface area contributed by atoms with E-state index in [9.17, 15) is 14.9 Å². The Hall–Kier alpha value is -3.29. The maximum absolute atomic E-state index is 11.9. The molecule has 0 aromatic heterocycles. The van der Waals surface area contributed by atoms with Crippen molar-refractivity contribution in [1.29, 1.82) is 0 Å². The fourth-order valence-electron chi connectivity index (χ4n) is 2.36. The number of nitrogens with one attached hydrogen (secondary N) is 2. The van der Waals surface area contributed by atoms with Crippen molar-refractivity contribution in [3.63, 3.8) is 0 Å². The first-order valence-corrected chi connectivity index (χ1v) is 7.99. The summed E-state index contributed by atoms with van der Waals surface area (Å²) in [6, 6.07) is 11.6. The van der Waals surface area contributed by atoms with Crippen molar-refractivity contribution in [3.8, 4) is 11.5 Å². The highest BCUT2D eigenvalue weighted by Gasteiger charge is 2.08. The number of nitro benzene ring substituents is 1. The van der Waals surface area contributed by atoms with Gasteiger partial charge in [-0.2, -0.15) is 0 Å². The van der Waals surface area contributed by atoms with Gasteiger partial charge in [-0.25, -0.2) is 0 Å². The number of nitro groups is 1. The van der Waals surface area contributed by atoms with E-state index in [2.05, 4.69) is 10.6 Å². The average Bonchev–Trinajstić information content (AvgIpc) is 2.66. The molecule has 8 nitrogen and oxygen atoms in total. The van der Waals surface area contributed by atoms with Crippen LogP contribution in [0.2, 0.25) is 0 Å². The highest BCUT2D eigenvalue weighted by atomic mass is 16.6. The van der Waals surface area contributed by atoms with Gasteiger partial charge in [0.1, 0.15) is 0 Å². The number of carbonyl (C=O) groups excluding carboxylic acids is 1. The van der Waals surface area contributed by atoms with Gasteiger partial charge in [-0.3, -0.25) is 14.9 Å². The van der Waals surface area contributed by atoms with Crippen LogP contribution in [0.3, 0.4) is 0 Å². The number of amides is 1. The van der Waals surface area contributed by atoms with E-state index in [0.29, 0.717) is 30.2 Å². The lowest BCUT2D eigenvalue weighted by Crippen LogP contribution is -2.31. The number of non-ortho nitro benzene ring substituents is 1. The quantitative estimate of drug-likeness (QED) is 0.526. The Morgan fingerprint density at radius 2 is 1.88 bits per heavy atom. The summed E-state index contributed by atoms with van der Waals surface area (Å²) in [4.78, 5) is 22.2. The molecule has 0 heterocycles. The van der Waals surface area contributed by atoms with Crippen molar-refractivity contribution in [2.75, 3.05) is 32.6 Å². The summed E-state index contributed by atoms with van der Waals surface area (Å²) in [5, 5.41) is 16.4. The zero-order valence-corrected chi connectivity index (χ0v) is 14.7. The predicted octanol–water partition coefficient (Wildman–Crippen LogP) is 2.38. The van der Waals surface area contributed by atoms with Crippen LogP contribution in [-0.4, -0.2) is 38.1 Å². The molecule has 0 radical (unpaired) electrons. The van der Waals surface area contributed by atoms with Gasteiger partial charge in [-0.1, -0.05) is 12.1 Å². The third kappa shape index (κ3) is 5.37. The van der Waals surface area contributed by atoms with Crippen LogP contribution in [0.25, 0.3) is 0 Å². The Labute approximate surface area is 151 Å². The van der Waals surface area contributed by atoms with Crippen molar-refractivity contribution >= 4 is 17.3 Å². The molecule has 26 heavy (non-hydrogen) atoms. The van der Waals surface area contributed by atoms with E-state index in [1.54, 1.807) is 26.4 Å². The number of carbonyl (C=O) groups is 1. The summed E-state index contributed by atoms with van der Waals surface area (Å²) in [5.74, 6) is 1.10. The molecule has 0 spiro atoms. The molecule has 0 fully saturated rings. The minimum Gasteiger partial charge on any atom is -0.493 e. The number of ether oxygens (including phenoxy) is 2. The van der Waals surface area contributed by atoms with Gasteiger partial charge in [-0.05, 0) is 30.2 Å². The number of benzene rings is 2. The van der Waals surface area contributed by atoms with Crippen LogP contribution in [0.4, 0.5) is 11.4 Å². The lowest BCUT2D eigenvalue weighted by molar-refractivity contribution is -0.384. The summed E-state index contributed by atoms with van der Waals surface area (Å²) in [6.45, 7) is 0.498. The molecule has 0 aliphatic heterocycles. The molecular formula is C18H21N3O5. The van der Waals surface area contributed by atoms with Gasteiger partial charge in [0, 0.05) is 24.4 Å². The molecule has 0 saturated carbocycles. The summed E-state index contributed by atoms with van der Waals surface area (Å²) in [5.41, 5.74) is 1.51. The van der Waals surface area contributed by atoms with Gasteiger partial charge in [0.15, 0.2) is 11.5 Å². The molecule has 2 N–H and O–H groups in total. The third-order valence-corrected chi connectivity index (χ3v) is 3.69. The molecule has 2 aromatic rings. The monoisotopic (exact) mass is 359 g/mol. The minimum absolute atomic E-state index is 0.0242. The summed E-state index contributed by atoms with van der Waals surface area (Å²) in [7, 11) is 3.15. The molecule has 0 saturated heterocycles. The van der Waals surface area contributed by atoms with Gasteiger partial charge >= 0.3 is 0 Å². The van der Waals surface area contributed by atoms with Gasteiger partial charge < -0.3 is 20.1 Å². The highest BCUT2D eigenvalue weighted by molar-refractivity contribution is 5.80. The topological polar surface area (TPSA) is 103 Å². The molecule has 138 valence electrons. The van der Waals surface area contributed by atoms with E-state index >= 15 is 0 Å². The summed E-state index contributed by atoms with van der Waals surface area (Å²) in [6.07, 6.45) is 0.642. The predicted molar refractivity (Wildman–Crippen MR) is 97.8 cm³/mol. The standard InChI is InChI=1S/C18H21N3O5/c1-25-16-7-6-13(10-17(16)26-2)8-9-19-18(22)12-20-14-4-3-5-15(11-14)21(23)24/h3-7,10-11,20H,8-9,12H2,1-2H3,(H,19,22). The molecule has 0 atom stereocenters. The molecular weight excluding hydrogens is 338 g/mol. The Morgan fingerprint density at radius 1 is 1.12 bits per heavy atom. The minimum atomic E-state index is -0.478. The van der Waals surface area contributed by atoms with Gasteiger partial charge in [0.2, 0.25) is 5.91 Å². The normalized spacial score (nSPS) is 10.1. The number of nitrogens with zero attached hydrogens (tertiary/aromatic N) is 1. The first-order chi connectivity index (χ1) is 12.5. The maximum atomic E-state index is 11.9. The van der Waals surface area contributed by atoms with Gasteiger partial charge in [0.25, 0.3) is 5.69 Å².